The van der Waals surface area contributed by atoms with Crippen LogP contribution < -0.4 is 16.0 Å². The normalized spacial score (nSPS) is 15.4. The molecule has 170 valence electrons. The second-order valence-electron chi connectivity index (χ2n) is 7.41. The predicted molar refractivity (Wildman–Crippen MR) is 123 cm³/mol. The molecular formula is C23H21ClN4O5. The third-order valence-electron chi connectivity index (χ3n) is 5.25. The summed E-state index contributed by atoms with van der Waals surface area (Å²) in [5.74, 6) is -0.221. The molecule has 0 saturated carbocycles. The molecule has 1 aromatic heterocycles. The number of hydrogen-bond donors (Lipinski definition) is 2. The number of benzene rings is 2. The van der Waals surface area contributed by atoms with E-state index in [4.69, 9.17) is 16.3 Å². The summed E-state index contributed by atoms with van der Waals surface area (Å²) in [6.07, 6.45) is 0.165. The van der Waals surface area contributed by atoms with E-state index in [9.17, 15) is 19.5 Å². The van der Waals surface area contributed by atoms with E-state index in [2.05, 4.69) is 10.1 Å². The van der Waals surface area contributed by atoms with E-state index >= 15 is 0 Å². The number of ether oxygens (including phenoxy) is 1. The number of hydrogen-bond acceptors (Lipinski definition) is 6. The minimum absolute atomic E-state index is 0.165. The summed E-state index contributed by atoms with van der Waals surface area (Å²) in [4.78, 5) is 39.7. The minimum atomic E-state index is -0.825. The monoisotopic (exact) mass is 468 g/mol. The average Bonchev–Trinajstić information content (AvgIpc) is 3.19. The number of nitrogens with one attached hydrogen (secondary N) is 1. The van der Waals surface area contributed by atoms with Gasteiger partial charge in [-0.1, -0.05) is 29.8 Å². The molecule has 2 heterocycles. The Bertz CT molecular complexity index is 1360. The lowest BCUT2D eigenvalue weighted by atomic mass is 9.99. The summed E-state index contributed by atoms with van der Waals surface area (Å²) in [7, 11) is 0. The van der Waals surface area contributed by atoms with Gasteiger partial charge in [0.05, 0.1) is 24.0 Å². The van der Waals surface area contributed by atoms with Crippen molar-refractivity contribution in [2.75, 3.05) is 6.61 Å². The first-order valence-electron chi connectivity index (χ1n) is 10.2. The van der Waals surface area contributed by atoms with Gasteiger partial charge in [-0.25, -0.2) is 14.4 Å². The molecule has 0 bridgehead atoms. The van der Waals surface area contributed by atoms with Crippen molar-refractivity contribution in [1.29, 1.82) is 0 Å². The van der Waals surface area contributed by atoms with Crippen molar-refractivity contribution >= 4 is 23.2 Å². The number of rotatable bonds is 5. The number of carbonyl (C=O) groups is 1. The number of carbonyl (C=O) groups excluding carboxylic acids is 1. The van der Waals surface area contributed by atoms with Crippen LogP contribution >= 0.6 is 11.6 Å². The Morgan fingerprint density at radius 3 is 2.61 bits per heavy atom. The van der Waals surface area contributed by atoms with Crippen molar-refractivity contribution in [1.82, 2.24) is 14.6 Å². The highest BCUT2D eigenvalue weighted by atomic mass is 35.5. The number of halogens is 1. The summed E-state index contributed by atoms with van der Waals surface area (Å²) in [5.41, 5.74) is -0.578. The minimum Gasteiger partial charge on any atom is -0.494 e. The molecule has 0 saturated heterocycles. The van der Waals surface area contributed by atoms with Gasteiger partial charge in [-0.05, 0) is 42.8 Å². The van der Waals surface area contributed by atoms with E-state index < -0.39 is 23.2 Å². The van der Waals surface area contributed by atoms with Crippen molar-refractivity contribution in [2.24, 2.45) is 5.10 Å². The van der Waals surface area contributed by atoms with Crippen molar-refractivity contribution in [2.45, 2.75) is 26.3 Å². The lowest BCUT2D eigenvalue weighted by molar-refractivity contribution is -0.130. The Labute approximate surface area is 193 Å². The summed E-state index contributed by atoms with van der Waals surface area (Å²) < 4.78 is 6.40. The summed E-state index contributed by atoms with van der Waals surface area (Å²) in [5, 5.41) is 16.9. The summed E-state index contributed by atoms with van der Waals surface area (Å²) >= 11 is 6.02. The fraction of sp³-hybridized carbons (Fsp3) is 0.217. The van der Waals surface area contributed by atoms with Crippen LogP contribution in [0.3, 0.4) is 0 Å². The van der Waals surface area contributed by atoms with E-state index in [0.29, 0.717) is 17.4 Å². The first-order chi connectivity index (χ1) is 15.8. The van der Waals surface area contributed by atoms with Crippen molar-refractivity contribution in [3.05, 3.63) is 85.5 Å². The van der Waals surface area contributed by atoms with Gasteiger partial charge in [-0.3, -0.25) is 14.6 Å². The van der Waals surface area contributed by atoms with Gasteiger partial charge in [0.1, 0.15) is 11.3 Å². The molecule has 0 unspecified atom stereocenters. The SMILES string of the molecule is CCOc1ccc([C@@H]2CC(c3c(O)n(-c4cccc(Cl)c4)c(=O)[nH]c3=O)=NN2C(C)=O)cc1. The lowest BCUT2D eigenvalue weighted by Gasteiger charge is -2.20. The number of aromatic amines is 1. The molecule has 0 radical (unpaired) electrons. The van der Waals surface area contributed by atoms with Gasteiger partial charge in [-0.2, -0.15) is 5.10 Å². The van der Waals surface area contributed by atoms with Crippen LogP contribution in [0.5, 0.6) is 11.6 Å². The third-order valence-corrected chi connectivity index (χ3v) is 5.48. The quantitative estimate of drug-likeness (QED) is 0.597. The van der Waals surface area contributed by atoms with Crippen LogP contribution in [-0.2, 0) is 4.79 Å². The predicted octanol–water partition coefficient (Wildman–Crippen LogP) is 2.98. The fourth-order valence-corrected chi connectivity index (χ4v) is 3.99. The van der Waals surface area contributed by atoms with Crippen LogP contribution in [0.15, 0.2) is 63.2 Å². The fourth-order valence-electron chi connectivity index (χ4n) is 3.80. The number of amides is 1. The van der Waals surface area contributed by atoms with Gasteiger partial charge in [0.15, 0.2) is 0 Å². The van der Waals surface area contributed by atoms with E-state index in [1.54, 1.807) is 30.3 Å². The van der Waals surface area contributed by atoms with Crippen LogP contribution in [-0.4, -0.2) is 37.9 Å². The first kappa shape index (κ1) is 22.3. The number of H-pyrrole nitrogens is 1. The van der Waals surface area contributed by atoms with E-state index in [1.807, 2.05) is 19.1 Å². The highest BCUT2D eigenvalue weighted by Crippen LogP contribution is 2.34. The van der Waals surface area contributed by atoms with Crippen molar-refractivity contribution in [3.8, 4) is 17.3 Å². The first-order valence-corrected chi connectivity index (χ1v) is 10.6. The molecule has 2 aromatic carbocycles. The topological polar surface area (TPSA) is 117 Å². The molecule has 0 aliphatic carbocycles. The zero-order chi connectivity index (χ0) is 23.7. The molecule has 33 heavy (non-hydrogen) atoms. The lowest BCUT2D eigenvalue weighted by Crippen LogP contribution is -2.33. The van der Waals surface area contributed by atoms with Gasteiger partial charge in [0.2, 0.25) is 11.8 Å². The maximum atomic E-state index is 12.7. The molecule has 3 aromatic rings. The highest BCUT2D eigenvalue weighted by Gasteiger charge is 2.34. The van der Waals surface area contributed by atoms with E-state index in [1.165, 1.54) is 18.0 Å². The molecule has 1 atom stereocenters. The van der Waals surface area contributed by atoms with Gasteiger partial charge < -0.3 is 9.84 Å². The van der Waals surface area contributed by atoms with Gasteiger partial charge in [0.25, 0.3) is 5.56 Å². The second-order valence-corrected chi connectivity index (χ2v) is 7.84. The molecule has 9 nitrogen and oxygen atoms in total. The second kappa shape index (κ2) is 8.95. The standard InChI is InChI=1S/C23H21ClN4O5/c1-3-33-17-9-7-14(8-10-17)19-12-18(26-28(19)13(2)29)20-21(30)25-23(32)27(22(20)31)16-6-4-5-15(24)11-16/h4-11,19,31H,3,12H2,1-2H3,(H,25,30,32)/t19-/m0/s1. The molecule has 0 fully saturated rings. The Kier molecular flexibility index (Phi) is 6.06. The molecule has 0 spiro atoms. The van der Waals surface area contributed by atoms with Crippen molar-refractivity contribution in [3.63, 3.8) is 0 Å². The smallest absolute Gasteiger partial charge is 0.335 e. The summed E-state index contributed by atoms with van der Waals surface area (Å²) in [6.45, 7) is 3.78. The molecular weight excluding hydrogens is 448 g/mol. The number of nitrogens with zero attached hydrogens (tertiary/aromatic N) is 3. The van der Waals surface area contributed by atoms with Crippen LogP contribution in [0.4, 0.5) is 0 Å². The molecule has 2 N–H and O–H groups in total. The number of aromatic nitrogens is 2. The Morgan fingerprint density at radius 1 is 1.24 bits per heavy atom. The Balaban J connectivity index is 1.78. The molecule has 4 rings (SSSR count). The van der Waals surface area contributed by atoms with Crippen LogP contribution in [0.1, 0.15) is 37.4 Å². The van der Waals surface area contributed by atoms with Crippen LogP contribution in [0.25, 0.3) is 5.69 Å². The van der Waals surface area contributed by atoms with E-state index in [-0.39, 0.29) is 29.3 Å². The highest BCUT2D eigenvalue weighted by molar-refractivity contribution is 6.30. The van der Waals surface area contributed by atoms with Gasteiger partial charge >= 0.3 is 5.69 Å². The van der Waals surface area contributed by atoms with E-state index in [0.717, 1.165) is 10.1 Å². The van der Waals surface area contributed by atoms with Gasteiger partial charge in [0, 0.05) is 18.4 Å². The average molecular weight is 469 g/mol. The van der Waals surface area contributed by atoms with Crippen LogP contribution in [0.2, 0.25) is 5.02 Å². The molecule has 10 heteroatoms. The zero-order valence-electron chi connectivity index (χ0n) is 17.9. The van der Waals surface area contributed by atoms with Gasteiger partial charge in [-0.15, -0.1) is 0 Å². The maximum Gasteiger partial charge on any atom is 0.335 e. The number of hydrazone groups is 1. The largest absolute Gasteiger partial charge is 0.494 e. The third kappa shape index (κ3) is 4.27. The zero-order valence-corrected chi connectivity index (χ0v) is 18.7. The molecule has 1 aliphatic heterocycles. The van der Waals surface area contributed by atoms with Crippen LogP contribution in [0, 0.1) is 0 Å². The summed E-state index contributed by atoms with van der Waals surface area (Å²) in [6, 6.07) is 13.0. The Hall–Kier alpha value is -3.85. The number of aromatic hydroxyl groups is 1. The van der Waals surface area contributed by atoms with Crippen molar-refractivity contribution < 1.29 is 14.6 Å². The molecule has 1 aliphatic rings. The maximum absolute atomic E-state index is 12.7. The molecule has 1 amide bonds. The Morgan fingerprint density at radius 2 is 1.97 bits per heavy atom.